The smallest absolute Gasteiger partial charge is 0.341 e. The van der Waals surface area contributed by atoms with Gasteiger partial charge in [0.1, 0.15) is 11.3 Å². The Morgan fingerprint density at radius 2 is 2.07 bits per heavy atom. The molecule has 1 aromatic heterocycles. The third-order valence-corrected chi connectivity index (χ3v) is 6.77. The molecular formula is C22H23ClN2O5. The topological polar surface area (TPSA) is 81.0 Å². The molecule has 30 heavy (non-hydrogen) atoms. The van der Waals surface area contributed by atoms with Crippen LogP contribution in [0.1, 0.15) is 54.1 Å². The summed E-state index contributed by atoms with van der Waals surface area (Å²) in [6.07, 6.45) is 6.38. The lowest BCUT2D eigenvalue weighted by atomic mass is 9.94. The Bertz CT molecular complexity index is 1090. The Kier molecular flexibility index (Phi) is 4.56. The van der Waals surface area contributed by atoms with E-state index in [0.717, 1.165) is 43.2 Å². The first kappa shape index (κ1) is 19.5. The second-order valence-corrected chi connectivity index (χ2v) is 8.68. The van der Waals surface area contributed by atoms with Gasteiger partial charge in [0.05, 0.1) is 28.9 Å². The quantitative estimate of drug-likeness (QED) is 0.705. The van der Waals surface area contributed by atoms with Crippen molar-refractivity contribution >= 4 is 17.6 Å². The van der Waals surface area contributed by atoms with Crippen LogP contribution in [0.3, 0.4) is 0 Å². The molecule has 5 rings (SSSR count). The van der Waals surface area contributed by atoms with Gasteiger partial charge in [0.2, 0.25) is 0 Å². The zero-order chi connectivity index (χ0) is 21.0. The minimum Gasteiger partial charge on any atom is -0.492 e. The van der Waals surface area contributed by atoms with Crippen molar-refractivity contribution in [3.8, 4) is 17.0 Å². The number of hydrogen-bond donors (Lipinski definition) is 1. The van der Waals surface area contributed by atoms with Gasteiger partial charge in [-0.15, -0.1) is 0 Å². The molecule has 1 saturated heterocycles. The van der Waals surface area contributed by atoms with Gasteiger partial charge in [-0.2, -0.15) is 0 Å². The molecule has 3 aliphatic rings. The van der Waals surface area contributed by atoms with E-state index in [1.807, 2.05) is 16.8 Å². The second-order valence-electron chi connectivity index (χ2n) is 8.27. The van der Waals surface area contributed by atoms with Crippen LogP contribution in [0.15, 0.2) is 29.2 Å². The van der Waals surface area contributed by atoms with E-state index in [4.69, 9.17) is 21.1 Å². The van der Waals surface area contributed by atoms with Crippen LogP contribution < -0.4 is 15.2 Å². The van der Waals surface area contributed by atoms with Gasteiger partial charge in [-0.05, 0) is 43.4 Å². The lowest BCUT2D eigenvalue weighted by Gasteiger charge is -2.41. The third-order valence-electron chi connectivity index (χ3n) is 6.47. The number of carboxylic acid groups (broad SMARTS) is 1. The fraction of sp³-hybridized carbons (Fsp3) is 0.455. The van der Waals surface area contributed by atoms with Gasteiger partial charge in [0.15, 0.2) is 5.43 Å². The van der Waals surface area contributed by atoms with Crippen molar-refractivity contribution in [1.82, 2.24) is 4.68 Å². The first-order valence-electron chi connectivity index (χ1n) is 10.2. The molecule has 0 amide bonds. The van der Waals surface area contributed by atoms with Crippen molar-refractivity contribution in [2.24, 2.45) is 0 Å². The first-order valence-corrected chi connectivity index (χ1v) is 10.6. The molecule has 1 saturated carbocycles. The molecule has 1 unspecified atom stereocenters. The van der Waals surface area contributed by atoms with Gasteiger partial charge < -0.3 is 14.6 Å². The summed E-state index contributed by atoms with van der Waals surface area (Å²) in [7, 11) is 1.66. The summed E-state index contributed by atoms with van der Waals surface area (Å²) in [5.74, 6) is -0.583. The molecule has 8 heteroatoms. The molecular weight excluding hydrogens is 408 g/mol. The number of aromatic nitrogens is 1. The maximum absolute atomic E-state index is 12.5. The predicted octanol–water partition coefficient (Wildman–Crippen LogP) is 3.60. The minimum absolute atomic E-state index is 0.0427. The van der Waals surface area contributed by atoms with Crippen LogP contribution in [0.25, 0.3) is 11.3 Å². The highest BCUT2D eigenvalue weighted by atomic mass is 35.5. The van der Waals surface area contributed by atoms with E-state index in [2.05, 4.69) is 5.01 Å². The number of methoxy groups -OCH3 is 1. The van der Waals surface area contributed by atoms with E-state index < -0.39 is 11.4 Å². The van der Waals surface area contributed by atoms with Gasteiger partial charge >= 0.3 is 5.97 Å². The fourth-order valence-electron chi connectivity index (χ4n) is 4.89. The average molecular weight is 431 g/mol. The number of rotatable bonds is 6. The van der Waals surface area contributed by atoms with E-state index in [0.29, 0.717) is 29.7 Å². The summed E-state index contributed by atoms with van der Waals surface area (Å²) in [6.45, 7) is 1.12. The number of aromatic carboxylic acids is 1. The molecule has 1 aromatic carbocycles. The van der Waals surface area contributed by atoms with E-state index in [-0.39, 0.29) is 17.1 Å². The fourth-order valence-corrected chi connectivity index (χ4v) is 5.11. The molecule has 3 heterocycles. The van der Waals surface area contributed by atoms with E-state index >= 15 is 0 Å². The Hall–Kier alpha value is -2.51. The van der Waals surface area contributed by atoms with E-state index in [1.54, 1.807) is 7.11 Å². The number of carbonyl (C=O) groups is 1. The van der Waals surface area contributed by atoms with Crippen molar-refractivity contribution in [3.05, 3.63) is 50.8 Å². The zero-order valence-electron chi connectivity index (χ0n) is 16.7. The number of pyridine rings is 1. The maximum atomic E-state index is 12.5. The van der Waals surface area contributed by atoms with E-state index in [9.17, 15) is 14.7 Å². The maximum Gasteiger partial charge on any atom is 0.341 e. The third kappa shape index (κ3) is 2.91. The Morgan fingerprint density at radius 3 is 2.77 bits per heavy atom. The summed E-state index contributed by atoms with van der Waals surface area (Å²) in [6, 6.07) is 5.34. The van der Waals surface area contributed by atoms with Crippen LogP contribution in [0.2, 0.25) is 5.02 Å². The Balaban J connectivity index is 1.64. The molecule has 2 aliphatic heterocycles. The van der Waals surface area contributed by atoms with Crippen molar-refractivity contribution in [2.45, 2.75) is 43.7 Å². The van der Waals surface area contributed by atoms with E-state index in [1.165, 1.54) is 12.3 Å². The lowest BCUT2D eigenvalue weighted by molar-refractivity contribution is 0.0694. The minimum atomic E-state index is -1.21. The highest BCUT2D eigenvalue weighted by Crippen LogP contribution is 2.58. The molecule has 7 nitrogen and oxygen atoms in total. The lowest BCUT2D eigenvalue weighted by Crippen LogP contribution is -2.46. The number of hydrogen-bond acceptors (Lipinski definition) is 5. The summed E-state index contributed by atoms with van der Waals surface area (Å²) < 4.78 is 12.9. The highest BCUT2D eigenvalue weighted by Gasteiger charge is 2.57. The van der Waals surface area contributed by atoms with Crippen LogP contribution in [0.5, 0.6) is 5.75 Å². The van der Waals surface area contributed by atoms with Crippen LogP contribution >= 0.6 is 11.6 Å². The molecule has 2 aromatic rings. The molecule has 0 bridgehead atoms. The molecule has 0 radical (unpaired) electrons. The van der Waals surface area contributed by atoms with Gasteiger partial charge in [0, 0.05) is 38.0 Å². The largest absolute Gasteiger partial charge is 0.492 e. The van der Waals surface area contributed by atoms with Crippen LogP contribution in [0.4, 0.5) is 0 Å². The molecule has 1 atom stereocenters. The monoisotopic (exact) mass is 430 g/mol. The second kappa shape index (κ2) is 7.03. The predicted molar refractivity (Wildman–Crippen MR) is 112 cm³/mol. The van der Waals surface area contributed by atoms with Gasteiger partial charge in [-0.3, -0.25) is 14.5 Å². The van der Waals surface area contributed by atoms with Crippen LogP contribution in [-0.4, -0.2) is 41.6 Å². The molecule has 1 spiro atoms. The standard InChI is InChI=1S/C22H23ClN2O5/c1-29-7-2-8-30-20-10-14-13(9-16(20)23)18-11-19(26)15(21(27)28)12-24(18)25-17(14)3-4-22(25)5-6-22/h9-12,17H,2-8H2,1H3,(H,27,28). The molecule has 1 N–H and O–H groups in total. The molecule has 2 fully saturated rings. The average Bonchev–Trinajstić information content (AvgIpc) is 3.39. The van der Waals surface area contributed by atoms with Gasteiger partial charge in [-0.1, -0.05) is 11.6 Å². The van der Waals surface area contributed by atoms with Gasteiger partial charge in [0.25, 0.3) is 0 Å². The Morgan fingerprint density at radius 1 is 1.27 bits per heavy atom. The van der Waals surface area contributed by atoms with Crippen LogP contribution in [0, 0.1) is 0 Å². The van der Waals surface area contributed by atoms with Crippen molar-refractivity contribution in [1.29, 1.82) is 0 Å². The SMILES string of the molecule is COCCCOc1cc2c(cc1Cl)-c1cc(=O)c(C(=O)O)cn1N1C2CCC12CC2. The number of benzene rings is 1. The summed E-state index contributed by atoms with van der Waals surface area (Å²) in [5.41, 5.74) is 1.94. The number of halogens is 1. The van der Waals surface area contributed by atoms with Crippen molar-refractivity contribution < 1.29 is 19.4 Å². The number of ether oxygens (including phenoxy) is 2. The number of carboxylic acids is 1. The molecule has 1 aliphatic carbocycles. The van der Waals surface area contributed by atoms with Crippen LogP contribution in [-0.2, 0) is 4.74 Å². The first-order chi connectivity index (χ1) is 14.4. The normalized spacial score (nSPS) is 19.9. The summed E-state index contributed by atoms with van der Waals surface area (Å²) in [5, 5.41) is 12.2. The number of nitrogens with zero attached hydrogens (tertiary/aromatic N) is 2. The van der Waals surface area contributed by atoms with Crippen molar-refractivity contribution in [2.75, 3.05) is 25.3 Å². The Labute approximate surface area is 178 Å². The van der Waals surface area contributed by atoms with Crippen molar-refractivity contribution in [3.63, 3.8) is 0 Å². The molecule has 158 valence electrons. The summed E-state index contributed by atoms with van der Waals surface area (Å²) in [4.78, 5) is 24.1. The highest BCUT2D eigenvalue weighted by molar-refractivity contribution is 6.32. The zero-order valence-corrected chi connectivity index (χ0v) is 17.4. The number of fused-ring (bicyclic) bond motifs is 7. The summed E-state index contributed by atoms with van der Waals surface area (Å²) >= 11 is 6.52. The van der Waals surface area contributed by atoms with Gasteiger partial charge in [-0.25, -0.2) is 4.79 Å².